The molecule has 0 atom stereocenters. The molecule has 3 nitrogen and oxygen atoms in total. The Labute approximate surface area is 96.8 Å². The Bertz CT molecular complexity index is 309. The van der Waals surface area contributed by atoms with Crippen LogP contribution in [-0.4, -0.2) is 19.1 Å². The van der Waals surface area contributed by atoms with E-state index in [4.69, 9.17) is 4.74 Å². The first-order valence-electron chi connectivity index (χ1n) is 5.63. The van der Waals surface area contributed by atoms with Crippen molar-refractivity contribution in [3.63, 3.8) is 0 Å². The Morgan fingerprint density at radius 3 is 2.62 bits per heavy atom. The molecule has 0 heterocycles. The van der Waals surface area contributed by atoms with Gasteiger partial charge in [-0.3, -0.25) is 4.79 Å². The van der Waals surface area contributed by atoms with Gasteiger partial charge in [-0.05, 0) is 24.5 Å². The van der Waals surface area contributed by atoms with Crippen molar-refractivity contribution >= 4 is 11.7 Å². The Morgan fingerprint density at radius 1 is 1.31 bits per heavy atom. The summed E-state index contributed by atoms with van der Waals surface area (Å²) in [7, 11) is 0. The van der Waals surface area contributed by atoms with Gasteiger partial charge in [0.15, 0.2) is 0 Å². The highest BCUT2D eigenvalue weighted by Gasteiger charge is 2.02. The highest BCUT2D eigenvalue weighted by Crippen LogP contribution is 2.04. The molecule has 0 fully saturated rings. The lowest BCUT2D eigenvalue weighted by Gasteiger charge is -2.08. The number of rotatable bonds is 6. The average Bonchev–Trinajstić information content (AvgIpc) is 2.27. The van der Waals surface area contributed by atoms with Crippen molar-refractivity contribution in [2.24, 2.45) is 5.92 Å². The molecule has 1 N–H and O–H groups in total. The number of esters is 1. The predicted octanol–water partition coefficient (Wildman–Crippen LogP) is 2.69. The van der Waals surface area contributed by atoms with Crippen molar-refractivity contribution in [1.82, 2.24) is 0 Å². The number of nitrogens with one attached hydrogen (secondary N) is 1. The van der Waals surface area contributed by atoms with Crippen molar-refractivity contribution in [2.45, 2.75) is 20.3 Å². The summed E-state index contributed by atoms with van der Waals surface area (Å²) in [5, 5.41) is 3.01. The fourth-order valence-corrected chi connectivity index (χ4v) is 1.19. The average molecular weight is 221 g/mol. The maximum absolute atomic E-state index is 11.3. The van der Waals surface area contributed by atoms with Crippen LogP contribution in [-0.2, 0) is 9.53 Å². The predicted molar refractivity (Wildman–Crippen MR) is 65.3 cm³/mol. The number of carbonyl (C=O) groups is 1. The largest absolute Gasteiger partial charge is 0.464 e. The zero-order valence-corrected chi connectivity index (χ0v) is 9.90. The van der Waals surface area contributed by atoms with E-state index in [1.165, 1.54) is 0 Å². The highest BCUT2D eigenvalue weighted by molar-refractivity contribution is 5.74. The summed E-state index contributed by atoms with van der Waals surface area (Å²) >= 11 is 0. The van der Waals surface area contributed by atoms with Crippen molar-refractivity contribution in [1.29, 1.82) is 0 Å². The minimum absolute atomic E-state index is 0.204. The van der Waals surface area contributed by atoms with Gasteiger partial charge >= 0.3 is 5.97 Å². The van der Waals surface area contributed by atoms with Crippen molar-refractivity contribution in [3.05, 3.63) is 30.3 Å². The van der Waals surface area contributed by atoms with E-state index in [0.29, 0.717) is 12.5 Å². The number of hydrogen-bond acceptors (Lipinski definition) is 3. The first-order chi connectivity index (χ1) is 7.68. The minimum Gasteiger partial charge on any atom is -0.464 e. The maximum Gasteiger partial charge on any atom is 0.325 e. The van der Waals surface area contributed by atoms with Crippen LogP contribution in [0.3, 0.4) is 0 Å². The van der Waals surface area contributed by atoms with Crippen LogP contribution >= 0.6 is 0 Å². The van der Waals surface area contributed by atoms with Gasteiger partial charge in [-0.15, -0.1) is 0 Å². The molecule has 88 valence electrons. The summed E-state index contributed by atoms with van der Waals surface area (Å²) in [6.07, 6.45) is 0.914. The van der Waals surface area contributed by atoms with Crippen molar-refractivity contribution in [3.8, 4) is 0 Å². The molecule has 0 aliphatic rings. The lowest BCUT2D eigenvalue weighted by Crippen LogP contribution is -2.17. The quantitative estimate of drug-likeness (QED) is 0.750. The van der Waals surface area contributed by atoms with Gasteiger partial charge in [0.2, 0.25) is 0 Å². The summed E-state index contributed by atoms with van der Waals surface area (Å²) in [5.74, 6) is 0.361. The molecule has 0 saturated carbocycles. The summed E-state index contributed by atoms with van der Waals surface area (Å²) in [5.41, 5.74) is 0.934. The lowest BCUT2D eigenvalue weighted by atomic mass is 10.1. The fraction of sp³-hybridized carbons (Fsp3) is 0.462. The van der Waals surface area contributed by atoms with E-state index in [1.54, 1.807) is 0 Å². The van der Waals surface area contributed by atoms with Crippen LogP contribution in [0.1, 0.15) is 20.3 Å². The summed E-state index contributed by atoms with van der Waals surface area (Å²) in [4.78, 5) is 11.3. The Hall–Kier alpha value is -1.51. The normalized spacial score (nSPS) is 10.2. The fourth-order valence-electron chi connectivity index (χ4n) is 1.19. The van der Waals surface area contributed by atoms with E-state index in [9.17, 15) is 4.79 Å². The molecule has 16 heavy (non-hydrogen) atoms. The number of ether oxygens (including phenoxy) is 1. The number of para-hydroxylation sites is 1. The van der Waals surface area contributed by atoms with Crippen LogP contribution in [0.15, 0.2) is 30.3 Å². The Balaban J connectivity index is 2.16. The van der Waals surface area contributed by atoms with Gasteiger partial charge < -0.3 is 10.1 Å². The second-order valence-corrected chi connectivity index (χ2v) is 4.12. The topological polar surface area (TPSA) is 38.3 Å². The molecule has 0 unspecified atom stereocenters. The Kier molecular flexibility index (Phi) is 5.40. The third kappa shape index (κ3) is 5.39. The molecule has 3 heteroatoms. The second-order valence-electron chi connectivity index (χ2n) is 4.12. The molecule has 0 saturated heterocycles. The molecule has 1 rings (SSSR count). The summed E-state index contributed by atoms with van der Waals surface area (Å²) < 4.78 is 5.07. The molecule has 0 spiro atoms. The zero-order chi connectivity index (χ0) is 11.8. The van der Waals surface area contributed by atoms with Crippen molar-refractivity contribution in [2.75, 3.05) is 18.5 Å². The molecule has 1 aromatic rings. The van der Waals surface area contributed by atoms with Gasteiger partial charge in [0.1, 0.15) is 6.54 Å². The molecule has 0 aliphatic heterocycles. The minimum atomic E-state index is -0.204. The van der Waals surface area contributed by atoms with Crippen LogP contribution < -0.4 is 5.32 Å². The molecule has 1 aromatic carbocycles. The number of hydrogen-bond donors (Lipinski definition) is 1. The summed E-state index contributed by atoms with van der Waals surface area (Å²) in [6.45, 7) is 4.95. The second kappa shape index (κ2) is 6.88. The zero-order valence-electron chi connectivity index (χ0n) is 9.90. The van der Waals surface area contributed by atoms with E-state index in [0.717, 1.165) is 12.1 Å². The Morgan fingerprint density at radius 2 is 2.00 bits per heavy atom. The first kappa shape index (κ1) is 12.6. The van der Waals surface area contributed by atoms with Gasteiger partial charge in [-0.1, -0.05) is 32.0 Å². The number of benzene rings is 1. The molecule has 0 bridgehead atoms. The third-order valence-electron chi connectivity index (χ3n) is 2.17. The van der Waals surface area contributed by atoms with Gasteiger partial charge in [0.25, 0.3) is 0 Å². The van der Waals surface area contributed by atoms with E-state index in [-0.39, 0.29) is 12.5 Å². The smallest absolute Gasteiger partial charge is 0.325 e. The van der Waals surface area contributed by atoms with E-state index >= 15 is 0 Å². The summed E-state index contributed by atoms with van der Waals surface area (Å²) in [6, 6.07) is 9.62. The molecule has 0 amide bonds. The van der Waals surface area contributed by atoms with Crippen molar-refractivity contribution < 1.29 is 9.53 Å². The number of anilines is 1. The van der Waals surface area contributed by atoms with Gasteiger partial charge in [0.05, 0.1) is 6.61 Å². The standard InChI is InChI=1S/C13H19NO2/c1-11(2)8-9-16-13(15)10-14-12-6-4-3-5-7-12/h3-7,11,14H,8-10H2,1-2H3. The molecule has 0 radical (unpaired) electrons. The highest BCUT2D eigenvalue weighted by atomic mass is 16.5. The maximum atomic E-state index is 11.3. The SMILES string of the molecule is CC(C)CCOC(=O)CNc1ccccc1. The van der Waals surface area contributed by atoms with Crippen LogP contribution in [0.5, 0.6) is 0 Å². The van der Waals surface area contributed by atoms with Crippen LogP contribution in [0.25, 0.3) is 0 Å². The van der Waals surface area contributed by atoms with Crippen LogP contribution in [0.2, 0.25) is 0 Å². The van der Waals surface area contributed by atoms with Gasteiger partial charge in [0, 0.05) is 5.69 Å². The lowest BCUT2D eigenvalue weighted by molar-refractivity contribution is -0.141. The molecular weight excluding hydrogens is 202 g/mol. The van der Waals surface area contributed by atoms with Crippen LogP contribution in [0, 0.1) is 5.92 Å². The van der Waals surface area contributed by atoms with Gasteiger partial charge in [-0.25, -0.2) is 0 Å². The van der Waals surface area contributed by atoms with E-state index < -0.39 is 0 Å². The molecule has 0 aromatic heterocycles. The molecular formula is C13H19NO2. The number of carbonyl (C=O) groups excluding carboxylic acids is 1. The molecule has 0 aliphatic carbocycles. The van der Waals surface area contributed by atoms with Gasteiger partial charge in [-0.2, -0.15) is 0 Å². The first-order valence-corrected chi connectivity index (χ1v) is 5.63. The van der Waals surface area contributed by atoms with Crippen LogP contribution in [0.4, 0.5) is 5.69 Å². The van der Waals surface area contributed by atoms with E-state index in [1.807, 2.05) is 30.3 Å². The third-order valence-corrected chi connectivity index (χ3v) is 2.17. The van der Waals surface area contributed by atoms with E-state index in [2.05, 4.69) is 19.2 Å². The monoisotopic (exact) mass is 221 g/mol.